The van der Waals surface area contributed by atoms with Gasteiger partial charge in [0.2, 0.25) is 0 Å². The molecule has 1 atom stereocenters. The molecular formula is C25H25FN6O3. The molecule has 0 amide bonds. The van der Waals surface area contributed by atoms with Crippen molar-refractivity contribution < 1.29 is 13.9 Å². The summed E-state index contributed by atoms with van der Waals surface area (Å²) < 4.78 is 26.6. The van der Waals surface area contributed by atoms with E-state index in [1.165, 1.54) is 25.3 Å². The van der Waals surface area contributed by atoms with E-state index in [9.17, 15) is 9.18 Å². The Morgan fingerprint density at radius 3 is 2.83 bits per heavy atom. The SMILES string of the molecule is COc1cccc(F)c1-n1nc2c(-c3ccc(N4CCN5CCOCC5C4)cc3)n[nH]c2cc1=O. The molecule has 0 aliphatic carbocycles. The molecule has 180 valence electrons. The van der Waals surface area contributed by atoms with Crippen molar-refractivity contribution in [1.82, 2.24) is 24.9 Å². The van der Waals surface area contributed by atoms with Crippen LogP contribution < -0.4 is 15.2 Å². The molecule has 4 heterocycles. The van der Waals surface area contributed by atoms with Crippen molar-refractivity contribution in [3.05, 3.63) is 64.7 Å². The Labute approximate surface area is 200 Å². The summed E-state index contributed by atoms with van der Waals surface area (Å²) in [5, 5.41) is 11.7. The molecule has 0 bridgehead atoms. The van der Waals surface area contributed by atoms with Crippen LogP contribution in [-0.2, 0) is 4.74 Å². The van der Waals surface area contributed by atoms with Gasteiger partial charge < -0.3 is 14.4 Å². The Balaban J connectivity index is 1.34. The number of halogens is 1. The lowest BCUT2D eigenvalue weighted by Gasteiger charge is -2.44. The minimum atomic E-state index is -0.601. The van der Waals surface area contributed by atoms with Gasteiger partial charge in [0.1, 0.15) is 22.6 Å². The van der Waals surface area contributed by atoms with Gasteiger partial charge in [-0.2, -0.15) is 14.9 Å². The largest absolute Gasteiger partial charge is 0.494 e. The second kappa shape index (κ2) is 8.79. The van der Waals surface area contributed by atoms with Gasteiger partial charge in [-0.25, -0.2) is 4.39 Å². The number of fused-ring (bicyclic) bond motifs is 2. The summed E-state index contributed by atoms with van der Waals surface area (Å²) in [4.78, 5) is 17.6. The third-order valence-corrected chi connectivity index (χ3v) is 6.77. The molecule has 1 N–H and O–H groups in total. The number of ether oxygens (including phenoxy) is 2. The minimum Gasteiger partial charge on any atom is -0.494 e. The number of benzene rings is 2. The van der Waals surface area contributed by atoms with Crippen LogP contribution in [0.1, 0.15) is 0 Å². The van der Waals surface area contributed by atoms with E-state index in [1.54, 1.807) is 6.07 Å². The van der Waals surface area contributed by atoms with Crippen LogP contribution in [0.4, 0.5) is 10.1 Å². The smallest absolute Gasteiger partial charge is 0.273 e. The van der Waals surface area contributed by atoms with E-state index in [2.05, 4.69) is 37.2 Å². The molecule has 2 aliphatic heterocycles. The molecule has 2 aromatic heterocycles. The van der Waals surface area contributed by atoms with Gasteiger partial charge in [-0.05, 0) is 24.3 Å². The average Bonchev–Trinajstić information content (AvgIpc) is 3.30. The highest BCUT2D eigenvalue weighted by Gasteiger charge is 2.29. The molecule has 2 aliphatic rings. The van der Waals surface area contributed by atoms with E-state index in [1.807, 2.05) is 12.1 Å². The summed E-state index contributed by atoms with van der Waals surface area (Å²) in [5.41, 5.74) is 3.00. The first-order valence-electron chi connectivity index (χ1n) is 11.6. The first-order chi connectivity index (χ1) is 17.1. The van der Waals surface area contributed by atoms with E-state index in [0.717, 1.165) is 55.3 Å². The van der Waals surface area contributed by atoms with Gasteiger partial charge >= 0.3 is 0 Å². The van der Waals surface area contributed by atoms with Crippen molar-refractivity contribution in [2.75, 3.05) is 51.4 Å². The van der Waals surface area contributed by atoms with Gasteiger partial charge in [-0.15, -0.1) is 0 Å². The van der Waals surface area contributed by atoms with Crippen LogP contribution in [0.25, 0.3) is 28.0 Å². The van der Waals surface area contributed by atoms with Crippen LogP contribution in [0.5, 0.6) is 5.75 Å². The van der Waals surface area contributed by atoms with Gasteiger partial charge in [-0.3, -0.25) is 14.8 Å². The van der Waals surface area contributed by atoms with E-state index in [4.69, 9.17) is 9.47 Å². The molecular weight excluding hydrogens is 451 g/mol. The number of anilines is 1. The molecule has 10 heteroatoms. The van der Waals surface area contributed by atoms with E-state index >= 15 is 0 Å². The predicted octanol–water partition coefficient (Wildman–Crippen LogP) is 2.44. The van der Waals surface area contributed by atoms with Crippen molar-refractivity contribution in [3.8, 4) is 22.7 Å². The van der Waals surface area contributed by atoms with E-state index in [0.29, 0.717) is 22.8 Å². The lowest BCUT2D eigenvalue weighted by molar-refractivity contribution is -0.0116. The number of aromatic nitrogens is 4. The third-order valence-electron chi connectivity index (χ3n) is 6.77. The Hall–Kier alpha value is -3.76. The predicted molar refractivity (Wildman–Crippen MR) is 130 cm³/mol. The summed E-state index contributed by atoms with van der Waals surface area (Å²) in [6.07, 6.45) is 0. The monoisotopic (exact) mass is 476 g/mol. The maximum absolute atomic E-state index is 14.7. The molecule has 2 aromatic carbocycles. The number of H-pyrrole nitrogens is 1. The highest BCUT2D eigenvalue weighted by Crippen LogP contribution is 2.29. The number of nitrogens with one attached hydrogen (secondary N) is 1. The summed E-state index contributed by atoms with van der Waals surface area (Å²) in [6, 6.07) is 14.3. The molecule has 2 fully saturated rings. The van der Waals surface area contributed by atoms with Crippen LogP contribution in [0.15, 0.2) is 53.3 Å². The van der Waals surface area contributed by atoms with Crippen LogP contribution >= 0.6 is 0 Å². The summed E-state index contributed by atoms with van der Waals surface area (Å²) >= 11 is 0. The molecule has 9 nitrogen and oxygen atoms in total. The molecule has 1 unspecified atom stereocenters. The van der Waals surface area contributed by atoms with Crippen molar-refractivity contribution in [1.29, 1.82) is 0 Å². The Bertz CT molecular complexity index is 1430. The maximum atomic E-state index is 14.7. The number of hydrogen-bond donors (Lipinski definition) is 1. The highest BCUT2D eigenvalue weighted by molar-refractivity contribution is 5.89. The van der Waals surface area contributed by atoms with Gasteiger partial charge in [0, 0.05) is 43.5 Å². The fourth-order valence-electron chi connectivity index (χ4n) is 4.92. The normalized spacial score (nSPS) is 18.6. The molecule has 2 saturated heterocycles. The fraction of sp³-hybridized carbons (Fsp3) is 0.320. The number of morpholine rings is 1. The van der Waals surface area contributed by atoms with Crippen molar-refractivity contribution in [2.24, 2.45) is 0 Å². The summed E-state index contributed by atoms with van der Waals surface area (Å²) in [5.74, 6) is -0.382. The van der Waals surface area contributed by atoms with Crippen molar-refractivity contribution in [2.45, 2.75) is 6.04 Å². The van der Waals surface area contributed by atoms with Crippen molar-refractivity contribution >= 4 is 16.7 Å². The van der Waals surface area contributed by atoms with Gasteiger partial charge in [0.05, 0.1) is 31.9 Å². The van der Waals surface area contributed by atoms with Crippen LogP contribution in [0.2, 0.25) is 0 Å². The standard InChI is InChI=1S/C25H25FN6O3/c1-34-21-4-2-3-19(26)25(21)32-22(33)13-20-24(29-32)23(28-27-20)16-5-7-17(8-6-16)31-10-9-30-11-12-35-15-18(30)14-31/h2-8,13,18,27H,9-12,14-15H2,1H3. The molecule has 35 heavy (non-hydrogen) atoms. The third kappa shape index (κ3) is 3.84. The number of aromatic amines is 1. The Kier molecular flexibility index (Phi) is 5.46. The number of nitrogens with zero attached hydrogens (tertiary/aromatic N) is 5. The van der Waals surface area contributed by atoms with Crippen LogP contribution in [-0.4, -0.2) is 77.4 Å². The zero-order valence-electron chi connectivity index (χ0n) is 19.3. The zero-order chi connectivity index (χ0) is 23.9. The van der Waals surface area contributed by atoms with E-state index in [-0.39, 0.29) is 11.4 Å². The lowest BCUT2D eigenvalue weighted by Crippen LogP contribution is -2.58. The highest BCUT2D eigenvalue weighted by atomic mass is 19.1. The number of piperazine rings is 1. The second-order valence-electron chi connectivity index (χ2n) is 8.78. The maximum Gasteiger partial charge on any atom is 0.273 e. The Morgan fingerprint density at radius 1 is 1.14 bits per heavy atom. The molecule has 0 radical (unpaired) electrons. The van der Waals surface area contributed by atoms with Crippen molar-refractivity contribution in [3.63, 3.8) is 0 Å². The van der Waals surface area contributed by atoms with Gasteiger partial charge in [0.25, 0.3) is 5.56 Å². The van der Waals surface area contributed by atoms with Crippen LogP contribution in [0.3, 0.4) is 0 Å². The second-order valence-corrected chi connectivity index (χ2v) is 8.78. The number of methoxy groups -OCH3 is 1. The average molecular weight is 477 g/mol. The lowest BCUT2D eigenvalue weighted by atomic mass is 10.1. The van der Waals surface area contributed by atoms with Gasteiger partial charge in [0.15, 0.2) is 5.82 Å². The number of rotatable bonds is 4. The molecule has 6 rings (SSSR count). The Morgan fingerprint density at radius 2 is 2.00 bits per heavy atom. The summed E-state index contributed by atoms with van der Waals surface area (Å²) in [6.45, 7) is 5.52. The first-order valence-corrected chi connectivity index (χ1v) is 11.6. The minimum absolute atomic E-state index is 0.0322. The van der Waals surface area contributed by atoms with Gasteiger partial charge in [-0.1, -0.05) is 18.2 Å². The fourth-order valence-corrected chi connectivity index (χ4v) is 4.92. The zero-order valence-corrected chi connectivity index (χ0v) is 19.3. The number of para-hydroxylation sites is 1. The molecule has 4 aromatic rings. The molecule has 0 spiro atoms. The first kappa shape index (κ1) is 21.8. The topological polar surface area (TPSA) is 88.5 Å². The quantitative estimate of drug-likeness (QED) is 0.484. The summed E-state index contributed by atoms with van der Waals surface area (Å²) in [7, 11) is 1.42. The molecule has 0 saturated carbocycles. The number of hydrogen-bond acceptors (Lipinski definition) is 7. The van der Waals surface area contributed by atoms with E-state index < -0.39 is 11.4 Å². The van der Waals surface area contributed by atoms with Crippen LogP contribution in [0, 0.1) is 5.82 Å².